The number of ether oxygens (including phenoxy) is 4. The molecule has 0 unspecified atom stereocenters. The Labute approximate surface area is 152 Å². The maximum absolute atomic E-state index is 11.5. The van der Waals surface area contributed by atoms with Crippen LogP contribution in [0.25, 0.3) is 0 Å². The van der Waals surface area contributed by atoms with Crippen LogP contribution in [0.1, 0.15) is 37.5 Å². The number of rotatable bonds is 6. The number of esters is 3. The highest BCUT2D eigenvalue weighted by Crippen LogP contribution is 2.35. The summed E-state index contributed by atoms with van der Waals surface area (Å²) < 4.78 is 22.0. The number of amides is 1. The molecule has 13 heteroatoms. The van der Waals surface area contributed by atoms with Gasteiger partial charge < -0.3 is 30.4 Å². The summed E-state index contributed by atoms with van der Waals surface area (Å²) in [7, 11) is 0. The number of carbonyl (C=O) groups excluding carboxylic acids is 4. The third-order valence-corrected chi connectivity index (χ3v) is 3.55. The number of carbonyl (C=O) groups is 4. The van der Waals surface area contributed by atoms with Crippen molar-refractivity contribution in [2.24, 2.45) is 5.73 Å². The van der Waals surface area contributed by atoms with E-state index >= 15 is 0 Å². The maximum atomic E-state index is 11.5. The molecule has 0 saturated carbocycles. The summed E-state index contributed by atoms with van der Waals surface area (Å²) in [6, 6.07) is 0. The van der Waals surface area contributed by atoms with Gasteiger partial charge in [-0.05, 0) is 0 Å². The third-order valence-electron chi connectivity index (χ3n) is 3.55. The molecule has 1 aromatic rings. The molecular formula is C14H19N5O8. The number of nitrogens with zero attached hydrogens (tertiary/aromatic N) is 3. The SMILES string of the molecule is CC(=O)OC[C@@H]1O[C@H](n2nnc(C(N)=O)c2N)[C@@H](OC(C)=O)[C@H]1OC(C)=O. The van der Waals surface area contributed by atoms with Crippen LogP contribution in [0.5, 0.6) is 0 Å². The van der Waals surface area contributed by atoms with Gasteiger partial charge in [-0.15, -0.1) is 5.10 Å². The number of nitrogens with two attached hydrogens (primary N) is 2. The summed E-state index contributed by atoms with van der Waals surface area (Å²) >= 11 is 0. The minimum absolute atomic E-state index is 0.237. The second kappa shape index (κ2) is 7.99. The van der Waals surface area contributed by atoms with Crippen LogP contribution < -0.4 is 11.5 Å². The molecule has 0 aromatic carbocycles. The van der Waals surface area contributed by atoms with Crippen molar-refractivity contribution in [2.75, 3.05) is 12.3 Å². The molecular weight excluding hydrogens is 366 g/mol. The summed E-state index contributed by atoms with van der Waals surface area (Å²) in [6.45, 7) is 3.18. The fraction of sp³-hybridized carbons (Fsp3) is 0.571. The smallest absolute Gasteiger partial charge is 0.303 e. The molecule has 0 spiro atoms. The van der Waals surface area contributed by atoms with E-state index in [0.717, 1.165) is 18.5 Å². The lowest BCUT2D eigenvalue weighted by Gasteiger charge is -2.23. The Bertz CT molecular complexity index is 763. The second-order valence-corrected chi connectivity index (χ2v) is 5.65. The zero-order chi connectivity index (χ0) is 20.3. The fourth-order valence-electron chi connectivity index (χ4n) is 2.55. The van der Waals surface area contributed by atoms with E-state index in [1.54, 1.807) is 0 Å². The topological polar surface area (TPSA) is 188 Å². The van der Waals surface area contributed by atoms with E-state index < -0.39 is 48.4 Å². The molecule has 148 valence electrons. The van der Waals surface area contributed by atoms with Crippen molar-refractivity contribution < 1.29 is 38.1 Å². The molecule has 1 amide bonds. The van der Waals surface area contributed by atoms with Crippen LogP contribution in [0.2, 0.25) is 0 Å². The summed E-state index contributed by atoms with van der Waals surface area (Å²) in [5.74, 6) is -3.14. The number of hydrogen-bond donors (Lipinski definition) is 2. The van der Waals surface area contributed by atoms with Gasteiger partial charge in [0.05, 0.1) is 0 Å². The van der Waals surface area contributed by atoms with Gasteiger partial charge in [0.2, 0.25) is 0 Å². The average molecular weight is 385 g/mol. The highest BCUT2D eigenvalue weighted by molar-refractivity contribution is 5.94. The van der Waals surface area contributed by atoms with Gasteiger partial charge in [0.1, 0.15) is 12.7 Å². The first-order valence-electron chi connectivity index (χ1n) is 7.75. The van der Waals surface area contributed by atoms with Crippen LogP contribution in [0, 0.1) is 0 Å². The quantitative estimate of drug-likeness (QED) is 0.419. The van der Waals surface area contributed by atoms with E-state index in [1.807, 2.05) is 0 Å². The minimum Gasteiger partial charge on any atom is -0.463 e. The van der Waals surface area contributed by atoms with Crippen LogP contribution in [-0.4, -0.2) is 63.7 Å². The van der Waals surface area contributed by atoms with Crippen LogP contribution in [0.15, 0.2) is 0 Å². The largest absolute Gasteiger partial charge is 0.463 e. The van der Waals surface area contributed by atoms with Gasteiger partial charge in [-0.25, -0.2) is 0 Å². The molecule has 1 aromatic heterocycles. The van der Waals surface area contributed by atoms with E-state index in [1.165, 1.54) is 6.92 Å². The van der Waals surface area contributed by atoms with Crippen molar-refractivity contribution in [1.82, 2.24) is 15.0 Å². The molecule has 1 aliphatic rings. The van der Waals surface area contributed by atoms with Gasteiger partial charge in [-0.3, -0.25) is 19.2 Å². The lowest BCUT2D eigenvalue weighted by atomic mass is 10.1. The Kier molecular flexibility index (Phi) is 5.95. The number of primary amides is 1. The summed E-state index contributed by atoms with van der Waals surface area (Å²) in [4.78, 5) is 45.4. The molecule has 1 fully saturated rings. The third kappa shape index (κ3) is 4.49. The monoisotopic (exact) mass is 385 g/mol. The van der Waals surface area contributed by atoms with E-state index in [4.69, 9.17) is 30.4 Å². The van der Waals surface area contributed by atoms with Crippen molar-refractivity contribution in [3.63, 3.8) is 0 Å². The molecule has 2 rings (SSSR count). The molecule has 2 heterocycles. The first-order valence-corrected chi connectivity index (χ1v) is 7.75. The zero-order valence-corrected chi connectivity index (χ0v) is 14.8. The molecule has 4 atom stereocenters. The first-order chi connectivity index (χ1) is 12.6. The molecule has 1 aliphatic heterocycles. The lowest BCUT2D eigenvalue weighted by molar-refractivity contribution is -0.166. The van der Waals surface area contributed by atoms with E-state index in [9.17, 15) is 19.2 Å². The standard InChI is InChI=1S/C14H19N5O8/c1-5(20)24-4-8-10(25-6(2)21)11(26-7(3)22)14(27-8)19-12(15)9(13(16)23)17-18-19/h8,10-11,14H,4,15H2,1-3H3,(H2,16,23)/t8-,10-,11-,14-/m0/s1. The normalized spacial score (nSPS) is 24.3. The summed E-state index contributed by atoms with van der Waals surface area (Å²) in [5, 5.41) is 7.25. The molecule has 13 nitrogen and oxygen atoms in total. The second-order valence-electron chi connectivity index (χ2n) is 5.65. The predicted octanol–water partition coefficient (Wildman–Crippen LogP) is -1.72. The van der Waals surface area contributed by atoms with Crippen molar-refractivity contribution in [2.45, 2.75) is 45.3 Å². The molecule has 4 N–H and O–H groups in total. The zero-order valence-electron chi connectivity index (χ0n) is 14.8. The van der Waals surface area contributed by atoms with Crippen molar-refractivity contribution in [1.29, 1.82) is 0 Å². The summed E-state index contributed by atoms with van der Waals surface area (Å²) in [5.41, 5.74) is 10.7. The van der Waals surface area contributed by atoms with Crippen LogP contribution in [0.4, 0.5) is 5.82 Å². The summed E-state index contributed by atoms with van der Waals surface area (Å²) in [6.07, 6.45) is -4.53. The Morgan fingerprint density at radius 2 is 1.67 bits per heavy atom. The van der Waals surface area contributed by atoms with Gasteiger partial charge in [0.25, 0.3) is 5.91 Å². The fourth-order valence-corrected chi connectivity index (χ4v) is 2.55. The highest BCUT2D eigenvalue weighted by Gasteiger charge is 2.51. The van der Waals surface area contributed by atoms with Gasteiger partial charge >= 0.3 is 17.9 Å². The maximum Gasteiger partial charge on any atom is 0.303 e. The van der Waals surface area contributed by atoms with Crippen molar-refractivity contribution in [3.8, 4) is 0 Å². The van der Waals surface area contributed by atoms with Crippen LogP contribution in [0.3, 0.4) is 0 Å². The Morgan fingerprint density at radius 3 is 2.15 bits per heavy atom. The average Bonchev–Trinajstić information content (AvgIpc) is 3.06. The van der Waals surface area contributed by atoms with E-state index in [0.29, 0.717) is 0 Å². The Hall–Kier alpha value is -3.22. The van der Waals surface area contributed by atoms with Gasteiger partial charge in [0.15, 0.2) is 29.9 Å². The van der Waals surface area contributed by atoms with Crippen LogP contribution in [-0.2, 0) is 33.3 Å². The molecule has 1 saturated heterocycles. The number of hydrogen-bond acceptors (Lipinski definition) is 11. The highest BCUT2D eigenvalue weighted by atomic mass is 16.7. The van der Waals surface area contributed by atoms with Gasteiger partial charge in [-0.1, -0.05) is 5.21 Å². The number of anilines is 1. The van der Waals surface area contributed by atoms with Gasteiger partial charge in [0, 0.05) is 20.8 Å². The number of aromatic nitrogens is 3. The van der Waals surface area contributed by atoms with E-state index in [2.05, 4.69) is 10.3 Å². The van der Waals surface area contributed by atoms with Crippen LogP contribution >= 0.6 is 0 Å². The van der Waals surface area contributed by atoms with Gasteiger partial charge in [-0.2, -0.15) is 4.68 Å². The first kappa shape index (κ1) is 20.1. The lowest BCUT2D eigenvalue weighted by Crippen LogP contribution is -2.40. The Balaban J connectivity index is 2.41. The van der Waals surface area contributed by atoms with E-state index in [-0.39, 0.29) is 18.1 Å². The van der Waals surface area contributed by atoms with Crippen molar-refractivity contribution >= 4 is 29.6 Å². The predicted molar refractivity (Wildman–Crippen MR) is 84.6 cm³/mol. The molecule has 0 radical (unpaired) electrons. The Morgan fingerprint density at radius 1 is 1.07 bits per heavy atom. The molecule has 0 bridgehead atoms. The molecule has 27 heavy (non-hydrogen) atoms. The van der Waals surface area contributed by atoms with Crippen molar-refractivity contribution in [3.05, 3.63) is 5.69 Å². The minimum atomic E-state index is -1.21. The number of nitrogen functional groups attached to an aromatic ring is 1. The molecule has 0 aliphatic carbocycles.